The van der Waals surface area contributed by atoms with E-state index < -0.39 is 5.92 Å². The number of rotatable bonds is 4. The molecule has 0 radical (unpaired) electrons. The van der Waals surface area contributed by atoms with E-state index in [-0.39, 0.29) is 11.8 Å². The Hall–Kier alpha value is -2.62. The predicted octanol–water partition coefficient (Wildman–Crippen LogP) is 2.49. The highest BCUT2D eigenvalue weighted by Crippen LogP contribution is 2.31. The van der Waals surface area contributed by atoms with Gasteiger partial charge < -0.3 is 10.2 Å². The Morgan fingerprint density at radius 1 is 1.27 bits per heavy atom. The van der Waals surface area contributed by atoms with Crippen LogP contribution in [-0.4, -0.2) is 24.9 Å². The third-order valence-corrected chi connectivity index (χ3v) is 4.00. The molecule has 1 N–H and O–H groups in total. The molecule has 22 heavy (non-hydrogen) atoms. The van der Waals surface area contributed by atoms with Crippen LogP contribution in [0.1, 0.15) is 6.42 Å². The van der Waals surface area contributed by atoms with E-state index >= 15 is 0 Å². The molecule has 1 atom stereocenters. The molecule has 2 aromatic rings. The summed E-state index contributed by atoms with van der Waals surface area (Å²) in [5.74, 6) is -0.940. The van der Waals surface area contributed by atoms with Crippen molar-refractivity contribution in [3.8, 4) is 0 Å². The first-order chi connectivity index (χ1) is 10.7. The maximum Gasteiger partial charge on any atom is 0.239 e. The van der Waals surface area contributed by atoms with Crippen molar-refractivity contribution in [3.63, 3.8) is 0 Å². The average molecular weight is 294 g/mol. The number of carbonyl (C=O) groups excluding carboxylic acids is 2. The van der Waals surface area contributed by atoms with Crippen molar-refractivity contribution in [2.45, 2.75) is 6.42 Å². The van der Waals surface area contributed by atoms with Gasteiger partial charge in [-0.15, -0.1) is 6.58 Å². The van der Waals surface area contributed by atoms with E-state index in [1.807, 2.05) is 42.5 Å². The van der Waals surface area contributed by atoms with Crippen LogP contribution in [0.2, 0.25) is 0 Å². The van der Waals surface area contributed by atoms with E-state index in [0.717, 1.165) is 16.5 Å². The van der Waals surface area contributed by atoms with Crippen molar-refractivity contribution in [2.75, 3.05) is 18.0 Å². The van der Waals surface area contributed by atoms with E-state index in [2.05, 4.69) is 11.9 Å². The normalized spacial score (nSPS) is 17.7. The summed E-state index contributed by atoms with van der Waals surface area (Å²) in [6, 6.07) is 13.9. The minimum Gasteiger partial charge on any atom is -0.352 e. The monoisotopic (exact) mass is 294 g/mol. The molecule has 0 unspecified atom stereocenters. The van der Waals surface area contributed by atoms with Gasteiger partial charge >= 0.3 is 0 Å². The van der Waals surface area contributed by atoms with E-state index in [1.54, 1.807) is 11.0 Å². The largest absolute Gasteiger partial charge is 0.352 e. The Labute approximate surface area is 129 Å². The molecule has 2 aromatic carbocycles. The topological polar surface area (TPSA) is 49.4 Å². The number of fused-ring (bicyclic) bond motifs is 1. The van der Waals surface area contributed by atoms with Gasteiger partial charge in [0.2, 0.25) is 11.8 Å². The van der Waals surface area contributed by atoms with Crippen LogP contribution in [0.4, 0.5) is 5.69 Å². The fourth-order valence-electron chi connectivity index (χ4n) is 2.90. The summed E-state index contributed by atoms with van der Waals surface area (Å²) >= 11 is 0. The number of nitrogens with one attached hydrogen (secondary N) is 1. The Bertz CT molecular complexity index is 733. The summed E-state index contributed by atoms with van der Waals surface area (Å²) in [6.45, 7) is 4.52. The standard InChI is InChI=1S/C18H18N2O2/c1-2-11-19-17(21)15-10-12-20(18(15)22)16-9-5-7-13-6-3-4-8-14(13)16/h2-9,15H,1,10-12H2,(H,19,21)/t15-/m1/s1. The predicted molar refractivity (Wildman–Crippen MR) is 87.6 cm³/mol. The first kappa shape index (κ1) is 14.3. The SMILES string of the molecule is C=CCNC(=O)[C@H]1CCN(c2cccc3ccccc23)C1=O. The second-order valence-electron chi connectivity index (χ2n) is 5.36. The molecule has 0 spiro atoms. The van der Waals surface area contributed by atoms with Crippen LogP contribution in [-0.2, 0) is 9.59 Å². The van der Waals surface area contributed by atoms with Crippen LogP contribution in [0.5, 0.6) is 0 Å². The van der Waals surface area contributed by atoms with Crippen molar-refractivity contribution in [1.82, 2.24) is 5.32 Å². The van der Waals surface area contributed by atoms with Crippen molar-refractivity contribution in [2.24, 2.45) is 5.92 Å². The highest BCUT2D eigenvalue weighted by molar-refractivity contribution is 6.12. The maximum absolute atomic E-state index is 12.6. The quantitative estimate of drug-likeness (QED) is 0.696. The second-order valence-corrected chi connectivity index (χ2v) is 5.36. The van der Waals surface area contributed by atoms with Crippen molar-refractivity contribution < 1.29 is 9.59 Å². The molecule has 1 saturated heterocycles. The van der Waals surface area contributed by atoms with Gasteiger partial charge in [-0.1, -0.05) is 42.5 Å². The molecule has 0 aliphatic carbocycles. The fraction of sp³-hybridized carbons (Fsp3) is 0.222. The molecule has 4 nitrogen and oxygen atoms in total. The zero-order valence-corrected chi connectivity index (χ0v) is 12.3. The molecule has 3 rings (SSSR count). The fourth-order valence-corrected chi connectivity index (χ4v) is 2.90. The lowest BCUT2D eigenvalue weighted by Gasteiger charge is -2.19. The molecule has 2 amide bonds. The molecule has 0 aromatic heterocycles. The van der Waals surface area contributed by atoms with Crippen molar-refractivity contribution in [1.29, 1.82) is 0 Å². The maximum atomic E-state index is 12.6. The van der Waals surface area contributed by atoms with Gasteiger partial charge in [0.15, 0.2) is 0 Å². The lowest BCUT2D eigenvalue weighted by molar-refractivity contribution is -0.131. The van der Waals surface area contributed by atoms with Gasteiger partial charge in [-0.2, -0.15) is 0 Å². The van der Waals surface area contributed by atoms with Gasteiger partial charge in [0.25, 0.3) is 0 Å². The van der Waals surface area contributed by atoms with Gasteiger partial charge in [0.1, 0.15) is 5.92 Å². The van der Waals surface area contributed by atoms with Crippen LogP contribution in [0, 0.1) is 5.92 Å². The Morgan fingerprint density at radius 2 is 2.05 bits per heavy atom. The smallest absolute Gasteiger partial charge is 0.239 e. The van der Waals surface area contributed by atoms with Gasteiger partial charge in [0, 0.05) is 18.5 Å². The van der Waals surface area contributed by atoms with E-state index in [0.29, 0.717) is 19.5 Å². The van der Waals surface area contributed by atoms with Crippen LogP contribution < -0.4 is 10.2 Å². The molecule has 1 fully saturated rings. The number of anilines is 1. The highest BCUT2D eigenvalue weighted by Gasteiger charge is 2.37. The Morgan fingerprint density at radius 3 is 2.86 bits per heavy atom. The molecule has 112 valence electrons. The zero-order valence-electron chi connectivity index (χ0n) is 12.3. The molecular weight excluding hydrogens is 276 g/mol. The van der Waals surface area contributed by atoms with E-state index in [4.69, 9.17) is 0 Å². The number of carbonyl (C=O) groups is 2. The molecule has 1 heterocycles. The molecular formula is C18H18N2O2. The van der Waals surface area contributed by atoms with Crippen LogP contribution in [0.25, 0.3) is 10.8 Å². The summed E-state index contributed by atoms with van der Waals surface area (Å²) in [5, 5.41) is 4.83. The average Bonchev–Trinajstić information content (AvgIpc) is 2.93. The summed E-state index contributed by atoms with van der Waals surface area (Å²) in [6.07, 6.45) is 2.16. The van der Waals surface area contributed by atoms with Gasteiger partial charge in [-0.25, -0.2) is 0 Å². The zero-order chi connectivity index (χ0) is 15.5. The Balaban J connectivity index is 1.88. The molecule has 1 aliphatic rings. The summed E-state index contributed by atoms with van der Waals surface area (Å²) in [4.78, 5) is 26.4. The third-order valence-electron chi connectivity index (χ3n) is 4.00. The number of nitrogens with zero attached hydrogens (tertiary/aromatic N) is 1. The van der Waals surface area contributed by atoms with Crippen molar-refractivity contribution in [3.05, 3.63) is 55.1 Å². The number of amides is 2. The molecule has 4 heteroatoms. The second kappa shape index (κ2) is 6.02. The lowest BCUT2D eigenvalue weighted by atomic mass is 10.1. The number of benzene rings is 2. The molecule has 0 bridgehead atoms. The molecule has 0 saturated carbocycles. The van der Waals surface area contributed by atoms with Gasteiger partial charge in [-0.05, 0) is 17.9 Å². The minimum atomic E-state index is -0.598. The Kier molecular flexibility index (Phi) is 3.92. The third kappa shape index (κ3) is 2.48. The van der Waals surface area contributed by atoms with Gasteiger partial charge in [-0.3, -0.25) is 9.59 Å². The minimum absolute atomic E-state index is 0.127. The van der Waals surface area contributed by atoms with E-state index in [1.165, 1.54) is 0 Å². The van der Waals surface area contributed by atoms with Crippen LogP contribution in [0.15, 0.2) is 55.1 Å². The first-order valence-corrected chi connectivity index (χ1v) is 7.40. The lowest BCUT2D eigenvalue weighted by Crippen LogP contribution is -2.36. The van der Waals surface area contributed by atoms with Gasteiger partial charge in [0.05, 0.1) is 5.69 Å². The number of hydrogen-bond acceptors (Lipinski definition) is 2. The summed E-state index contributed by atoms with van der Waals surface area (Å²) < 4.78 is 0. The molecule has 1 aliphatic heterocycles. The first-order valence-electron chi connectivity index (χ1n) is 7.40. The number of hydrogen-bond donors (Lipinski definition) is 1. The van der Waals surface area contributed by atoms with Crippen molar-refractivity contribution >= 4 is 28.3 Å². The van der Waals surface area contributed by atoms with Crippen LogP contribution in [0.3, 0.4) is 0 Å². The summed E-state index contributed by atoms with van der Waals surface area (Å²) in [5.41, 5.74) is 0.877. The highest BCUT2D eigenvalue weighted by atomic mass is 16.2. The van der Waals surface area contributed by atoms with E-state index in [9.17, 15) is 9.59 Å². The summed E-state index contributed by atoms with van der Waals surface area (Å²) in [7, 11) is 0. The van der Waals surface area contributed by atoms with Crippen LogP contribution >= 0.6 is 0 Å².